The van der Waals surface area contributed by atoms with Gasteiger partial charge in [-0.25, -0.2) is 4.79 Å². The Hall–Kier alpha value is -1.64. The molecule has 3 heteroatoms. The number of fused-ring (bicyclic) bond motifs is 1. The van der Waals surface area contributed by atoms with Crippen molar-refractivity contribution >= 4 is 11.5 Å². The third kappa shape index (κ3) is 1.22. The normalized spacial score (nSPS) is 13.5. The molecular formula is C10H9NO2. The van der Waals surface area contributed by atoms with Crippen molar-refractivity contribution in [2.45, 2.75) is 6.42 Å². The Labute approximate surface area is 76.1 Å². The highest BCUT2D eigenvalue weighted by molar-refractivity contribution is 6.17. The van der Waals surface area contributed by atoms with E-state index in [9.17, 15) is 4.79 Å². The van der Waals surface area contributed by atoms with E-state index in [0.29, 0.717) is 5.57 Å². The Morgan fingerprint density at radius 3 is 3.23 bits per heavy atom. The van der Waals surface area contributed by atoms with Gasteiger partial charge in [0.25, 0.3) is 0 Å². The number of ether oxygens (including phenoxy) is 1. The molecule has 1 aliphatic carbocycles. The molecule has 0 fully saturated rings. The second-order valence-electron chi connectivity index (χ2n) is 2.81. The summed E-state index contributed by atoms with van der Waals surface area (Å²) in [5.41, 5.74) is 2.47. The van der Waals surface area contributed by atoms with Gasteiger partial charge in [0.2, 0.25) is 0 Å². The molecule has 0 radical (unpaired) electrons. The predicted octanol–water partition coefficient (Wildman–Crippen LogP) is 1.19. The maximum atomic E-state index is 11.3. The number of nitrogens with zero attached hydrogens (tertiary/aromatic N) is 1. The van der Waals surface area contributed by atoms with Crippen LogP contribution < -0.4 is 0 Å². The minimum atomic E-state index is -0.285. The molecule has 1 aromatic heterocycles. The number of carbonyl (C=O) groups excluding carboxylic acids is 1. The molecule has 0 saturated heterocycles. The van der Waals surface area contributed by atoms with Crippen molar-refractivity contribution in [2.24, 2.45) is 0 Å². The fourth-order valence-corrected chi connectivity index (χ4v) is 1.46. The summed E-state index contributed by atoms with van der Waals surface area (Å²) >= 11 is 0. The number of pyridine rings is 1. The van der Waals surface area contributed by atoms with Crippen LogP contribution in [0.1, 0.15) is 11.3 Å². The quantitative estimate of drug-likeness (QED) is 0.602. The fraction of sp³-hybridized carbons (Fsp3) is 0.200. The maximum absolute atomic E-state index is 11.3. The number of hydrogen-bond donors (Lipinski definition) is 0. The molecule has 0 bridgehead atoms. The lowest BCUT2D eigenvalue weighted by atomic mass is 10.1. The van der Waals surface area contributed by atoms with E-state index in [1.165, 1.54) is 7.11 Å². The number of hydrogen-bond acceptors (Lipinski definition) is 3. The van der Waals surface area contributed by atoms with Crippen molar-refractivity contribution in [1.29, 1.82) is 0 Å². The summed E-state index contributed by atoms with van der Waals surface area (Å²) in [5.74, 6) is -0.285. The Kier molecular flexibility index (Phi) is 1.85. The summed E-state index contributed by atoms with van der Waals surface area (Å²) in [6.07, 6.45) is 4.30. The highest BCUT2D eigenvalue weighted by atomic mass is 16.5. The van der Waals surface area contributed by atoms with Crippen LogP contribution in [0.3, 0.4) is 0 Å². The summed E-state index contributed by atoms with van der Waals surface area (Å²) in [5, 5.41) is 0. The first kappa shape index (κ1) is 7.98. The van der Waals surface area contributed by atoms with Gasteiger partial charge in [-0.3, -0.25) is 4.98 Å². The highest BCUT2D eigenvalue weighted by Gasteiger charge is 2.20. The van der Waals surface area contributed by atoms with E-state index in [1.807, 2.05) is 18.2 Å². The third-order valence-electron chi connectivity index (χ3n) is 2.09. The summed E-state index contributed by atoms with van der Waals surface area (Å²) < 4.78 is 4.66. The lowest BCUT2D eigenvalue weighted by Crippen LogP contribution is -2.02. The van der Waals surface area contributed by atoms with E-state index in [4.69, 9.17) is 0 Å². The standard InChI is InChI=1S/C10H9NO2/c1-13-10(12)8-4-5-9-7(8)3-2-6-11-9/h2-4,6H,5H2,1H3. The van der Waals surface area contributed by atoms with Crippen molar-refractivity contribution in [3.63, 3.8) is 0 Å². The molecule has 1 aromatic rings. The third-order valence-corrected chi connectivity index (χ3v) is 2.09. The van der Waals surface area contributed by atoms with Crippen LogP contribution in [0.15, 0.2) is 24.4 Å². The van der Waals surface area contributed by atoms with Crippen molar-refractivity contribution in [2.75, 3.05) is 7.11 Å². The Balaban J connectivity index is 2.41. The Morgan fingerprint density at radius 1 is 1.62 bits per heavy atom. The topological polar surface area (TPSA) is 39.2 Å². The molecule has 0 unspecified atom stereocenters. The van der Waals surface area contributed by atoms with Crippen LogP contribution in [-0.4, -0.2) is 18.1 Å². The van der Waals surface area contributed by atoms with Crippen LogP contribution >= 0.6 is 0 Å². The average Bonchev–Trinajstić information content (AvgIpc) is 2.60. The number of carbonyl (C=O) groups is 1. The Bertz CT molecular complexity index is 382. The predicted molar refractivity (Wildman–Crippen MR) is 47.9 cm³/mol. The van der Waals surface area contributed by atoms with E-state index in [1.54, 1.807) is 6.20 Å². The molecule has 1 heterocycles. The molecule has 0 amide bonds. The van der Waals surface area contributed by atoms with E-state index in [-0.39, 0.29) is 5.97 Å². The first-order valence-corrected chi connectivity index (χ1v) is 4.05. The summed E-state index contributed by atoms with van der Waals surface area (Å²) in [7, 11) is 1.39. The van der Waals surface area contributed by atoms with E-state index >= 15 is 0 Å². The van der Waals surface area contributed by atoms with Crippen molar-refractivity contribution in [1.82, 2.24) is 4.98 Å². The van der Waals surface area contributed by atoms with Crippen molar-refractivity contribution < 1.29 is 9.53 Å². The first-order chi connectivity index (χ1) is 6.33. The van der Waals surface area contributed by atoms with Crippen LogP contribution in [0.2, 0.25) is 0 Å². The largest absolute Gasteiger partial charge is 0.465 e. The second kappa shape index (κ2) is 3.01. The van der Waals surface area contributed by atoms with E-state index in [0.717, 1.165) is 17.7 Å². The van der Waals surface area contributed by atoms with Gasteiger partial charge in [0, 0.05) is 18.2 Å². The van der Waals surface area contributed by atoms with Crippen LogP contribution in [0.25, 0.3) is 5.57 Å². The van der Waals surface area contributed by atoms with Gasteiger partial charge >= 0.3 is 5.97 Å². The zero-order valence-electron chi connectivity index (χ0n) is 7.28. The van der Waals surface area contributed by atoms with Crippen LogP contribution in [0.4, 0.5) is 0 Å². The van der Waals surface area contributed by atoms with Crippen LogP contribution in [-0.2, 0) is 16.0 Å². The molecule has 1 aliphatic rings. The zero-order valence-corrected chi connectivity index (χ0v) is 7.28. The molecule has 0 atom stereocenters. The summed E-state index contributed by atoms with van der Waals surface area (Å²) in [6.45, 7) is 0. The zero-order chi connectivity index (χ0) is 9.26. The van der Waals surface area contributed by atoms with Gasteiger partial charge in [0.05, 0.1) is 18.4 Å². The van der Waals surface area contributed by atoms with Gasteiger partial charge in [0.15, 0.2) is 0 Å². The van der Waals surface area contributed by atoms with E-state index in [2.05, 4.69) is 9.72 Å². The second-order valence-corrected chi connectivity index (χ2v) is 2.81. The molecule has 0 spiro atoms. The minimum Gasteiger partial charge on any atom is -0.465 e. The maximum Gasteiger partial charge on any atom is 0.338 e. The van der Waals surface area contributed by atoms with E-state index < -0.39 is 0 Å². The number of allylic oxidation sites excluding steroid dienone is 1. The molecule has 0 aromatic carbocycles. The fourth-order valence-electron chi connectivity index (χ4n) is 1.46. The average molecular weight is 175 g/mol. The van der Waals surface area contributed by atoms with Gasteiger partial charge < -0.3 is 4.74 Å². The number of rotatable bonds is 1. The highest BCUT2D eigenvalue weighted by Crippen LogP contribution is 2.25. The molecule has 0 saturated carbocycles. The summed E-state index contributed by atoms with van der Waals surface area (Å²) in [4.78, 5) is 15.4. The van der Waals surface area contributed by atoms with Gasteiger partial charge in [-0.2, -0.15) is 0 Å². The SMILES string of the molecule is COC(=O)C1=CCc2ncccc21. The van der Waals surface area contributed by atoms with Crippen molar-refractivity contribution in [3.05, 3.63) is 35.7 Å². The van der Waals surface area contributed by atoms with Gasteiger partial charge in [-0.05, 0) is 6.07 Å². The van der Waals surface area contributed by atoms with Gasteiger partial charge in [-0.1, -0.05) is 12.1 Å². The molecule has 2 rings (SSSR count). The molecule has 0 aliphatic heterocycles. The molecule has 0 N–H and O–H groups in total. The number of esters is 1. The van der Waals surface area contributed by atoms with Gasteiger partial charge in [-0.15, -0.1) is 0 Å². The Morgan fingerprint density at radius 2 is 2.46 bits per heavy atom. The molecular weight excluding hydrogens is 166 g/mol. The lowest BCUT2D eigenvalue weighted by Gasteiger charge is -2.01. The van der Waals surface area contributed by atoms with Gasteiger partial charge in [0.1, 0.15) is 0 Å². The monoisotopic (exact) mass is 175 g/mol. The first-order valence-electron chi connectivity index (χ1n) is 4.05. The smallest absolute Gasteiger partial charge is 0.338 e. The number of aromatic nitrogens is 1. The number of methoxy groups -OCH3 is 1. The summed E-state index contributed by atoms with van der Waals surface area (Å²) in [6, 6.07) is 3.71. The van der Waals surface area contributed by atoms with Crippen LogP contribution in [0.5, 0.6) is 0 Å². The lowest BCUT2D eigenvalue weighted by molar-refractivity contribution is -0.133. The molecule has 66 valence electrons. The minimum absolute atomic E-state index is 0.285. The van der Waals surface area contributed by atoms with Crippen LogP contribution in [0, 0.1) is 0 Å². The molecule has 3 nitrogen and oxygen atoms in total. The van der Waals surface area contributed by atoms with Crippen molar-refractivity contribution in [3.8, 4) is 0 Å². The molecule has 13 heavy (non-hydrogen) atoms.